The molecule has 1 aromatic rings. The fraction of sp³-hybridized carbons (Fsp3) is 0.167. The quantitative estimate of drug-likeness (QED) is 0.391. The van der Waals surface area contributed by atoms with Gasteiger partial charge in [0.05, 0.1) is 0 Å². The molecule has 0 unspecified atom stereocenters. The van der Waals surface area contributed by atoms with E-state index < -0.39 is 5.09 Å². The third kappa shape index (κ3) is 6.27. The first-order chi connectivity index (χ1) is 5.66. The van der Waals surface area contributed by atoms with Crippen LogP contribution < -0.4 is 0 Å². The molecular formula is C6H9N3O3. The second-order valence-corrected chi connectivity index (χ2v) is 1.77. The highest BCUT2D eigenvalue weighted by molar-refractivity contribution is 4.92. The Morgan fingerprint density at radius 2 is 2.50 bits per heavy atom. The molecule has 0 aliphatic carbocycles. The van der Waals surface area contributed by atoms with Gasteiger partial charge in [-0.1, -0.05) is 6.08 Å². The average molecular weight is 171 g/mol. The summed E-state index contributed by atoms with van der Waals surface area (Å²) in [6, 6.07) is 0. The number of hydrogen-bond acceptors (Lipinski definition) is 3. The summed E-state index contributed by atoms with van der Waals surface area (Å²) in [6.07, 6.45) is 6.18. The van der Waals surface area contributed by atoms with Crippen molar-refractivity contribution in [3.05, 3.63) is 41.0 Å². The Labute approximate surface area is 68.7 Å². The highest BCUT2D eigenvalue weighted by Gasteiger charge is 1.85. The largest absolute Gasteiger partial charge is 0.348 e. The van der Waals surface area contributed by atoms with E-state index in [1.54, 1.807) is 12.4 Å². The maximum Gasteiger partial charge on any atom is 0.291 e. The molecule has 0 amide bonds. The summed E-state index contributed by atoms with van der Waals surface area (Å²) < 4.78 is 0. The zero-order valence-electron chi connectivity index (χ0n) is 6.30. The molecular weight excluding hydrogens is 162 g/mol. The predicted octanol–water partition coefficient (Wildman–Crippen LogP) is 0.790. The summed E-state index contributed by atoms with van der Waals surface area (Å²) in [4.78, 5) is 15.3. The van der Waals surface area contributed by atoms with Crippen LogP contribution in [0.25, 0.3) is 0 Å². The Morgan fingerprint density at radius 3 is 2.83 bits per heavy atom. The van der Waals surface area contributed by atoms with Crippen LogP contribution in [0, 0.1) is 10.1 Å². The molecule has 66 valence electrons. The molecule has 1 heterocycles. The Bertz CT molecular complexity index is 228. The molecule has 0 saturated carbocycles. The first-order valence-electron chi connectivity index (χ1n) is 3.09. The van der Waals surface area contributed by atoms with Crippen LogP contribution in [-0.2, 0) is 6.42 Å². The fourth-order valence-electron chi connectivity index (χ4n) is 0.546. The van der Waals surface area contributed by atoms with Gasteiger partial charge in [0, 0.05) is 18.8 Å². The zero-order valence-corrected chi connectivity index (χ0v) is 6.30. The number of nitrogens with zero attached hydrogens (tertiary/aromatic N) is 2. The van der Waals surface area contributed by atoms with Crippen LogP contribution in [0.2, 0.25) is 0 Å². The van der Waals surface area contributed by atoms with E-state index >= 15 is 0 Å². The molecule has 1 aromatic heterocycles. The van der Waals surface area contributed by atoms with Crippen LogP contribution in [0.3, 0.4) is 0 Å². The van der Waals surface area contributed by atoms with E-state index in [-0.39, 0.29) is 0 Å². The Balaban J connectivity index is 0.000000261. The minimum absolute atomic E-state index is 0.826. The summed E-state index contributed by atoms with van der Waals surface area (Å²) in [6.45, 7) is 3.58. The van der Waals surface area contributed by atoms with Gasteiger partial charge in [0.25, 0.3) is 5.09 Å². The van der Waals surface area contributed by atoms with Crippen LogP contribution in [0.5, 0.6) is 0 Å². The molecule has 0 bridgehead atoms. The van der Waals surface area contributed by atoms with Gasteiger partial charge >= 0.3 is 0 Å². The van der Waals surface area contributed by atoms with Crippen LogP contribution in [0.15, 0.2) is 25.0 Å². The minimum atomic E-state index is -1.50. The topological polar surface area (TPSA) is 92.0 Å². The number of aromatic amines is 1. The summed E-state index contributed by atoms with van der Waals surface area (Å²) in [5.74, 6) is 0.972. The lowest BCUT2D eigenvalue weighted by atomic mass is 10.4. The molecule has 12 heavy (non-hydrogen) atoms. The zero-order chi connectivity index (χ0) is 9.40. The number of allylic oxidation sites excluding steroid dienone is 1. The number of hydrogen-bond donors (Lipinski definition) is 2. The minimum Gasteiger partial charge on any atom is -0.348 e. The Morgan fingerprint density at radius 1 is 1.92 bits per heavy atom. The van der Waals surface area contributed by atoms with Crippen molar-refractivity contribution >= 4 is 0 Å². The summed E-state index contributed by atoms with van der Waals surface area (Å²) in [7, 11) is 0. The number of H-pyrrole nitrogens is 1. The van der Waals surface area contributed by atoms with Gasteiger partial charge in [-0.15, -0.1) is 16.7 Å². The number of nitrogens with one attached hydrogen (secondary N) is 1. The maximum absolute atomic E-state index is 8.36. The van der Waals surface area contributed by atoms with Crippen LogP contribution in [0.4, 0.5) is 0 Å². The molecule has 6 nitrogen and oxygen atoms in total. The number of imidazole rings is 1. The van der Waals surface area contributed by atoms with Gasteiger partial charge in [-0.05, 0) is 0 Å². The van der Waals surface area contributed by atoms with Gasteiger partial charge in [0.1, 0.15) is 5.82 Å². The van der Waals surface area contributed by atoms with E-state index in [0.717, 1.165) is 12.2 Å². The number of aromatic nitrogens is 2. The van der Waals surface area contributed by atoms with E-state index in [9.17, 15) is 0 Å². The van der Waals surface area contributed by atoms with Crippen molar-refractivity contribution in [2.24, 2.45) is 0 Å². The summed E-state index contributed by atoms with van der Waals surface area (Å²) in [5, 5.41) is 13.6. The van der Waals surface area contributed by atoms with Gasteiger partial charge < -0.3 is 10.2 Å². The maximum atomic E-state index is 8.36. The van der Waals surface area contributed by atoms with Gasteiger partial charge in [0.15, 0.2) is 0 Å². The van der Waals surface area contributed by atoms with Crippen molar-refractivity contribution in [2.45, 2.75) is 6.42 Å². The lowest BCUT2D eigenvalue weighted by Gasteiger charge is -1.82. The smallest absolute Gasteiger partial charge is 0.291 e. The lowest BCUT2D eigenvalue weighted by molar-refractivity contribution is -0.742. The molecule has 0 aliphatic heterocycles. The second kappa shape index (κ2) is 5.90. The van der Waals surface area contributed by atoms with Crippen LogP contribution >= 0.6 is 0 Å². The summed E-state index contributed by atoms with van der Waals surface area (Å²) in [5.41, 5.74) is 0. The second-order valence-electron chi connectivity index (χ2n) is 1.77. The number of rotatable bonds is 2. The van der Waals surface area contributed by atoms with E-state index in [1.807, 2.05) is 6.08 Å². The molecule has 0 saturated heterocycles. The van der Waals surface area contributed by atoms with Gasteiger partial charge in [0.2, 0.25) is 0 Å². The molecule has 0 spiro atoms. The highest BCUT2D eigenvalue weighted by Crippen LogP contribution is 1.88. The van der Waals surface area contributed by atoms with Gasteiger partial charge in [-0.25, -0.2) is 4.98 Å². The Hall–Kier alpha value is -1.85. The average Bonchev–Trinajstić information content (AvgIpc) is 2.39. The molecule has 2 N–H and O–H groups in total. The summed E-state index contributed by atoms with van der Waals surface area (Å²) >= 11 is 0. The molecule has 0 atom stereocenters. The molecule has 0 aromatic carbocycles. The van der Waals surface area contributed by atoms with Crippen molar-refractivity contribution in [1.82, 2.24) is 9.97 Å². The molecule has 0 aliphatic rings. The predicted molar refractivity (Wildman–Crippen MR) is 41.3 cm³/mol. The molecule has 0 radical (unpaired) electrons. The standard InChI is InChI=1S/C6H8N2.HNO3/c1-2-3-6-7-4-5-8-6;2-1(3)4/h2,4-5H,1,3H2,(H,7,8);(H,2,3,4). The highest BCUT2D eigenvalue weighted by atomic mass is 16.9. The third-order valence-corrected chi connectivity index (χ3v) is 0.893. The van der Waals surface area contributed by atoms with E-state index in [1.165, 1.54) is 0 Å². The van der Waals surface area contributed by atoms with E-state index in [2.05, 4.69) is 16.5 Å². The molecule has 6 heteroatoms. The third-order valence-electron chi connectivity index (χ3n) is 0.893. The van der Waals surface area contributed by atoms with Gasteiger partial charge in [-0.2, -0.15) is 0 Å². The normalized spacial score (nSPS) is 8.00. The first-order valence-corrected chi connectivity index (χ1v) is 3.09. The van der Waals surface area contributed by atoms with Crippen molar-refractivity contribution in [2.75, 3.05) is 0 Å². The van der Waals surface area contributed by atoms with E-state index in [4.69, 9.17) is 15.3 Å². The molecule has 1 rings (SSSR count). The molecule has 0 fully saturated rings. The van der Waals surface area contributed by atoms with Gasteiger partial charge in [-0.3, -0.25) is 0 Å². The van der Waals surface area contributed by atoms with Crippen LogP contribution in [0.1, 0.15) is 5.82 Å². The van der Waals surface area contributed by atoms with Crippen molar-refractivity contribution < 1.29 is 10.3 Å². The van der Waals surface area contributed by atoms with Crippen LogP contribution in [-0.4, -0.2) is 20.3 Å². The van der Waals surface area contributed by atoms with Crippen molar-refractivity contribution in [3.8, 4) is 0 Å². The van der Waals surface area contributed by atoms with Crippen molar-refractivity contribution in [1.29, 1.82) is 0 Å². The SMILES string of the molecule is C=CCc1ncc[nH]1.O=[N+]([O-])O. The van der Waals surface area contributed by atoms with Crippen molar-refractivity contribution in [3.63, 3.8) is 0 Å². The Kier molecular flexibility index (Phi) is 4.99. The lowest BCUT2D eigenvalue weighted by Crippen LogP contribution is -1.81. The fourth-order valence-corrected chi connectivity index (χ4v) is 0.546. The van der Waals surface area contributed by atoms with E-state index in [0.29, 0.717) is 0 Å². The first kappa shape index (κ1) is 10.2. The monoisotopic (exact) mass is 171 g/mol.